The van der Waals surface area contributed by atoms with Crippen LogP contribution in [-0.4, -0.2) is 9.97 Å². The van der Waals surface area contributed by atoms with Gasteiger partial charge in [-0.3, -0.25) is 0 Å². The van der Waals surface area contributed by atoms with Crippen LogP contribution in [0.4, 0.5) is 0 Å². The number of thiazole rings is 1. The molecule has 11 heavy (non-hydrogen) atoms. The summed E-state index contributed by atoms with van der Waals surface area (Å²) in [6.07, 6.45) is 1.64. The Morgan fingerprint density at radius 1 is 1.55 bits per heavy atom. The van der Waals surface area contributed by atoms with Gasteiger partial charge in [0.15, 0.2) is 0 Å². The molecule has 0 radical (unpaired) electrons. The van der Waals surface area contributed by atoms with Crippen LogP contribution in [0.5, 0.6) is 0 Å². The lowest BCUT2D eigenvalue weighted by atomic mass is 10.4. The molecule has 56 valence electrons. The third kappa shape index (κ3) is 1.21. The second-order valence-corrected chi connectivity index (χ2v) is 3.83. The van der Waals surface area contributed by atoms with Gasteiger partial charge in [0.2, 0.25) is 0 Å². The lowest BCUT2D eigenvalue weighted by Gasteiger charge is -1.85. The van der Waals surface area contributed by atoms with Crippen molar-refractivity contribution in [1.29, 1.82) is 0 Å². The van der Waals surface area contributed by atoms with Crippen LogP contribution in [0.1, 0.15) is 5.01 Å². The van der Waals surface area contributed by atoms with Crippen LogP contribution in [-0.2, 0) is 0 Å². The molecule has 0 saturated heterocycles. The molecule has 2 heterocycles. The number of pyridine rings is 1. The summed E-state index contributed by atoms with van der Waals surface area (Å²) >= 11 is 7.31. The van der Waals surface area contributed by atoms with Gasteiger partial charge in [-0.05, 0) is 13.0 Å². The average molecular weight is 185 g/mol. The normalized spacial score (nSPS) is 10.7. The van der Waals surface area contributed by atoms with Crippen molar-refractivity contribution in [3.63, 3.8) is 0 Å². The molecular formula is C7H5ClN2S. The minimum Gasteiger partial charge on any atom is -0.242 e. The lowest BCUT2D eigenvalue weighted by Crippen LogP contribution is -1.72. The maximum Gasteiger partial charge on any atom is 0.143 e. The summed E-state index contributed by atoms with van der Waals surface area (Å²) in [6, 6.07) is 1.83. The second-order valence-electron chi connectivity index (χ2n) is 2.21. The Bertz CT molecular complexity index is 396. The molecule has 0 fully saturated rings. The number of fused-ring (bicyclic) bond motifs is 1. The van der Waals surface area contributed by atoms with Crippen molar-refractivity contribution < 1.29 is 0 Å². The number of nitrogens with zero attached hydrogens (tertiary/aromatic N) is 2. The molecule has 2 rings (SSSR count). The van der Waals surface area contributed by atoms with Gasteiger partial charge < -0.3 is 0 Å². The first-order chi connectivity index (χ1) is 5.25. The van der Waals surface area contributed by atoms with E-state index in [1.165, 1.54) is 0 Å². The van der Waals surface area contributed by atoms with E-state index in [2.05, 4.69) is 9.97 Å². The van der Waals surface area contributed by atoms with Gasteiger partial charge in [-0.25, -0.2) is 9.97 Å². The maximum atomic E-state index is 5.73. The van der Waals surface area contributed by atoms with Crippen molar-refractivity contribution in [2.45, 2.75) is 6.92 Å². The smallest absolute Gasteiger partial charge is 0.143 e. The highest BCUT2D eigenvalue weighted by atomic mass is 35.5. The Hall–Kier alpha value is -0.670. The van der Waals surface area contributed by atoms with E-state index in [1.54, 1.807) is 17.5 Å². The van der Waals surface area contributed by atoms with Gasteiger partial charge >= 0.3 is 0 Å². The largest absolute Gasteiger partial charge is 0.242 e. The van der Waals surface area contributed by atoms with Crippen LogP contribution in [0.3, 0.4) is 0 Å². The van der Waals surface area contributed by atoms with Gasteiger partial charge in [0.05, 0.1) is 10.0 Å². The molecule has 4 heteroatoms. The highest BCUT2D eigenvalue weighted by Crippen LogP contribution is 2.21. The number of hydrogen-bond acceptors (Lipinski definition) is 3. The van der Waals surface area contributed by atoms with Crippen LogP contribution < -0.4 is 0 Å². The molecule has 2 nitrogen and oxygen atoms in total. The van der Waals surface area contributed by atoms with Crippen molar-refractivity contribution >= 4 is 33.3 Å². The molecule has 0 amide bonds. The van der Waals surface area contributed by atoms with E-state index in [9.17, 15) is 0 Å². The van der Waals surface area contributed by atoms with E-state index in [0.29, 0.717) is 5.02 Å². The standard InChI is InChI=1S/C7H5ClN2S/c1-4-10-6-2-5(8)3-9-7(6)11-4/h2-3H,1H3. The summed E-state index contributed by atoms with van der Waals surface area (Å²) in [7, 11) is 0. The summed E-state index contributed by atoms with van der Waals surface area (Å²) in [4.78, 5) is 9.32. The summed E-state index contributed by atoms with van der Waals surface area (Å²) < 4.78 is 0. The zero-order valence-corrected chi connectivity index (χ0v) is 7.41. The molecule has 0 aliphatic carbocycles. The predicted molar refractivity (Wildman–Crippen MR) is 47.2 cm³/mol. The van der Waals surface area contributed by atoms with Gasteiger partial charge in [-0.2, -0.15) is 0 Å². The number of aryl methyl sites for hydroxylation is 1. The van der Waals surface area contributed by atoms with Crippen molar-refractivity contribution in [2.75, 3.05) is 0 Å². The molecule has 0 saturated carbocycles. The molecule has 0 aliphatic rings. The highest BCUT2D eigenvalue weighted by Gasteiger charge is 2.00. The van der Waals surface area contributed by atoms with E-state index >= 15 is 0 Å². The zero-order chi connectivity index (χ0) is 7.84. The lowest BCUT2D eigenvalue weighted by molar-refractivity contribution is 1.33. The molecule has 0 spiro atoms. The Morgan fingerprint density at radius 2 is 2.36 bits per heavy atom. The fraction of sp³-hybridized carbons (Fsp3) is 0.143. The van der Waals surface area contributed by atoms with Gasteiger partial charge in [-0.1, -0.05) is 22.9 Å². The Balaban J connectivity index is 2.82. The van der Waals surface area contributed by atoms with Gasteiger partial charge in [0.25, 0.3) is 0 Å². The Morgan fingerprint density at radius 3 is 3.18 bits per heavy atom. The number of halogens is 1. The van der Waals surface area contributed by atoms with Crippen LogP contribution in [0.15, 0.2) is 12.3 Å². The number of hydrogen-bond donors (Lipinski definition) is 0. The van der Waals surface area contributed by atoms with E-state index in [4.69, 9.17) is 11.6 Å². The van der Waals surface area contributed by atoms with Gasteiger partial charge in [-0.15, -0.1) is 0 Å². The van der Waals surface area contributed by atoms with E-state index < -0.39 is 0 Å². The van der Waals surface area contributed by atoms with Crippen LogP contribution in [0.2, 0.25) is 5.02 Å². The average Bonchev–Trinajstić information content (AvgIpc) is 2.27. The van der Waals surface area contributed by atoms with E-state index in [0.717, 1.165) is 15.4 Å². The molecule has 2 aromatic heterocycles. The molecule has 0 aliphatic heterocycles. The van der Waals surface area contributed by atoms with Crippen molar-refractivity contribution in [2.24, 2.45) is 0 Å². The molecule has 0 N–H and O–H groups in total. The first kappa shape index (κ1) is 7.00. The summed E-state index contributed by atoms with van der Waals surface area (Å²) in [5, 5.41) is 1.66. The monoisotopic (exact) mass is 184 g/mol. The van der Waals surface area contributed by atoms with Gasteiger partial charge in [0, 0.05) is 6.20 Å². The molecule has 0 aromatic carbocycles. The van der Waals surface area contributed by atoms with Crippen molar-refractivity contribution in [1.82, 2.24) is 9.97 Å². The summed E-state index contributed by atoms with van der Waals surface area (Å²) in [6.45, 7) is 1.96. The second kappa shape index (κ2) is 2.43. The zero-order valence-electron chi connectivity index (χ0n) is 5.84. The molecular weight excluding hydrogens is 180 g/mol. The third-order valence-electron chi connectivity index (χ3n) is 1.32. The first-order valence-electron chi connectivity index (χ1n) is 3.14. The Labute approximate surface area is 72.9 Å². The van der Waals surface area contributed by atoms with Crippen molar-refractivity contribution in [3.05, 3.63) is 22.3 Å². The van der Waals surface area contributed by atoms with Crippen LogP contribution >= 0.6 is 22.9 Å². The topological polar surface area (TPSA) is 25.8 Å². The Kier molecular flexibility index (Phi) is 1.55. The SMILES string of the molecule is Cc1nc2cc(Cl)cnc2s1. The van der Waals surface area contributed by atoms with E-state index in [-0.39, 0.29) is 0 Å². The third-order valence-corrected chi connectivity index (χ3v) is 2.42. The van der Waals surface area contributed by atoms with E-state index in [1.807, 2.05) is 13.0 Å². The minimum atomic E-state index is 0.641. The summed E-state index contributed by atoms with van der Waals surface area (Å²) in [5.74, 6) is 0. The predicted octanol–water partition coefficient (Wildman–Crippen LogP) is 2.65. The van der Waals surface area contributed by atoms with Crippen molar-refractivity contribution in [3.8, 4) is 0 Å². The number of aromatic nitrogens is 2. The van der Waals surface area contributed by atoms with Gasteiger partial charge in [0.1, 0.15) is 10.3 Å². The summed E-state index contributed by atoms with van der Waals surface area (Å²) in [5.41, 5.74) is 0.889. The fourth-order valence-electron chi connectivity index (χ4n) is 0.907. The first-order valence-corrected chi connectivity index (χ1v) is 4.34. The fourth-order valence-corrected chi connectivity index (χ4v) is 1.80. The molecule has 2 aromatic rings. The van der Waals surface area contributed by atoms with Crippen LogP contribution in [0, 0.1) is 6.92 Å². The minimum absolute atomic E-state index is 0.641. The molecule has 0 bridgehead atoms. The van der Waals surface area contributed by atoms with Crippen LogP contribution in [0.25, 0.3) is 10.3 Å². The maximum absolute atomic E-state index is 5.73. The molecule has 0 unspecified atom stereocenters. The number of rotatable bonds is 0. The highest BCUT2D eigenvalue weighted by molar-refractivity contribution is 7.18. The quantitative estimate of drug-likeness (QED) is 0.629. The molecule has 0 atom stereocenters.